The molecule has 4 nitrogen and oxygen atoms in total. The molecule has 1 saturated carbocycles. The van der Waals surface area contributed by atoms with E-state index in [1.165, 1.54) is 38.5 Å². The van der Waals surface area contributed by atoms with Gasteiger partial charge in [0.1, 0.15) is 0 Å². The van der Waals surface area contributed by atoms with Gasteiger partial charge in [-0.1, -0.05) is 12.8 Å². The summed E-state index contributed by atoms with van der Waals surface area (Å²) >= 11 is 0. The molecule has 0 atom stereocenters. The van der Waals surface area contributed by atoms with Crippen LogP contribution in [0.25, 0.3) is 0 Å². The van der Waals surface area contributed by atoms with Gasteiger partial charge in [-0.2, -0.15) is 0 Å². The third kappa shape index (κ3) is 2.52. The molecule has 4 heteroatoms. The second kappa shape index (κ2) is 5.06. The van der Waals surface area contributed by atoms with Crippen LogP contribution >= 0.6 is 0 Å². The molecule has 2 heterocycles. The monoisotopic (exact) mass is 266 g/mol. The van der Waals surface area contributed by atoms with Crippen LogP contribution in [0.2, 0.25) is 0 Å². The van der Waals surface area contributed by atoms with Crippen molar-refractivity contribution in [2.45, 2.75) is 56.9 Å². The number of piperidine rings is 1. The molecule has 3 aliphatic rings. The van der Waals surface area contributed by atoms with E-state index in [4.69, 9.17) is 10.5 Å². The summed E-state index contributed by atoms with van der Waals surface area (Å²) in [4.78, 5) is 14.6. The van der Waals surface area contributed by atoms with E-state index >= 15 is 0 Å². The van der Waals surface area contributed by atoms with E-state index in [9.17, 15) is 4.79 Å². The number of hydrogen-bond donors (Lipinski definition) is 1. The van der Waals surface area contributed by atoms with E-state index in [1.54, 1.807) is 0 Å². The van der Waals surface area contributed by atoms with Gasteiger partial charge in [-0.15, -0.1) is 0 Å². The number of amides is 1. The van der Waals surface area contributed by atoms with Gasteiger partial charge in [0.25, 0.3) is 0 Å². The zero-order chi connectivity index (χ0) is 13.3. The largest absolute Gasteiger partial charge is 0.381 e. The number of carbonyl (C=O) groups is 1. The van der Waals surface area contributed by atoms with E-state index in [2.05, 4.69) is 0 Å². The Morgan fingerprint density at radius 3 is 2.11 bits per heavy atom. The summed E-state index contributed by atoms with van der Waals surface area (Å²) < 4.78 is 5.33. The van der Waals surface area contributed by atoms with Crippen molar-refractivity contribution in [3.05, 3.63) is 0 Å². The fourth-order valence-corrected chi connectivity index (χ4v) is 4.07. The molecule has 2 aliphatic heterocycles. The van der Waals surface area contributed by atoms with E-state index in [-0.39, 0.29) is 5.91 Å². The summed E-state index contributed by atoms with van der Waals surface area (Å²) in [6.07, 6.45) is 9.23. The third-order valence-electron chi connectivity index (χ3n) is 5.59. The van der Waals surface area contributed by atoms with Crippen molar-refractivity contribution >= 4 is 5.91 Å². The number of likely N-dealkylation sites (tertiary alicyclic amines) is 1. The van der Waals surface area contributed by atoms with Gasteiger partial charge >= 0.3 is 0 Å². The lowest BCUT2D eigenvalue weighted by Crippen LogP contribution is -2.59. The maximum absolute atomic E-state index is 12.6. The van der Waals surface area contributed by atoms with E-state index in [0.717, 1.165) is 13.1 Å². The van der Waals surface area contributed by atoms with E-state index < -0.39 is 5.54 Å². The minimum absolute atomic E-state index is 0.170. The van der Waals surface area contributed by atoms with Gasteiger partial charge in [0.2, 0.25) is 5.91 Å². The first-order valence-electron chi connectivity index (χ1n) is 7.80. The SMILES string of the molecule is NC1(C(=O)N2CCC3(CCCC3)CC2)CCOCC1. The molecule has 0 unspecified atom stereocenters. The number of carbonyl (C=O) groups excluding carboxylic acids is 1. The maximum atomic E-state index is 12.6. The van der Waals surface area contributed by atoms with Crippen LogP contribution in [0.1, 0.15) is 51.4 Å². The smallest absolute Gasteiger partial charge is 0.242 e. The van der Waals surface area contributed by atoms with Crippen LogP contribution in [0.4, 0.5) is 0 Å². The van der Waals surface area contributed by atoms with Crippen LogP contribution in [0.5, 0.6) is 0 Å². The Morgan fingerprint density at radius 1 is 0.947 bits per heavy atom. The Balaban J connectivity index is 1.60. The molecular formula is C15H26N2O2. The Morgan fingerprint density at radius 2 is 1.53 bits per heavy atom. The minimum Gasteiger partial charge on any atom is -0.381 e. The minimum atomic E-state index is -0.654. The van der Waals surface area contributed by atoms with Gasteiger partial charge < -0.3 is 15.4 Å². The summed E-state index contributed by atoms with van der Waals surface area (Å²) in [5.74, 6) is 0.170. The maximum Gasteiger partial charge on any atom is 0.242 e. The van der Waals surface area contributed by atoms with Crippen molar-refractivity contribution in [3.8, 4) is 0 Å². The number of rotatable bonds is 1. The van der Waals surface area contributed by atoms with Crippen molar-refractivity contribution < 1.29 is 9.53 Å². The standard InChI is InChI=1S/C15H26N2O2/c16-15(7-11-19-12-8-15)13(18)17-9-5-14(6-10-17)3-1-2-4-14/h1-12,16H2. The second-order valence-electron chi connectivity index (χ2n) is 6.77. The predicted molar refractivity (Wildman–Crippen MR) is 73.7 cm³/mol. The van der Waals surface area contributed by atoms with Crippen molar-refractivity contribution in [3.63, 3.8) is 0 Å². The van der Waals surface area contributed by atoms with Crippen molar-refractivity contribution in [1.82, 2.24) is 4.90 Å². The molecule has 2 N–H and O–H groups in total. The zero-order valence-electron chi connectivity index (χ0n) is 11.8. The van der Waals surface area contributed by atoms with Gasteiger partial charge in [0, 0.05) is 26.3 Å². The Bertz CT molecular complexity index is 334. The molecule has 0 aromatic carbocycles. The topological polar surface area (TPSA) is 55.6 Å². The molecule has 1 aliphatic carbocycles. The van der Waals surface area contributed by atoms with Crippen molar-refractivity contribution in [1.29, 1.82) is 0 Å². The fraction of sp³-hybridized carbons (Fsp3) is 0.933. The van der Waals surface area contributed by atoms with Crippen LogP contribution in [0.15, 0.2) is 0 Å². The Hall–Kier alpha value is -0.610. The quantitative estimate of drug-likeness (QED) is 0.785. The van der Waals surface area contributed by atoms with Crippen LogP contribution in [0, 0.1) is 5.41 Å². The Kier molecular flexibility index (Phi) is 3.56. The molecule has 3 rings (SSSR count). The highest BCUT2D eigenvalue weighted by Crippen LogP contribution is 2.46. The number of nitrogens with zero attached hydrogens (tertiary/aromatic N) is 1. The summed E-state index contributed by atoms with van der Waals surface area (Å²) in [6, 6.07) is 0. The second-order valence-corrected chi connectivity index (χ2v) is 6.77. The lowest BCUT2D eigenvalue weighted by molar-refractivity contribution is -0.142. The first-order chi connectivity index (χ1) is 9.14. The average molecular weight is 266 g/mol. The van der Waals surface area contributed by atoms with Gasteiger partial charge in [-0.05, 0) is 43.9 Å². The highest BCUT2D eigenvalue weighted by molar-refractivity contribution is 5.86. The van der Waals surface area contributed by atoms with Crippen molar-refractivity contribution in [2.75, 3.05) is 26.3 Å². The summed E-state index contributed by atoms with van der Waals surface area (Å²) in [5, 5.41) is 0. The molecule has 1 amide bonds. The number of hydrogen-bond acceptors (Lipinski definition) is 3. The lowest BCUT2D eigenvalue weighted by Gasteiger charge is -2.43. The molecule has 108 valence electrons. The first-order valence-corrected chi connectivity index (χ1v) is 7.80. The summed E-state index contributed by atoms with van der Waals surface area (Å²) in [5.41, 5.74) is 6.22. The van der Waals surface area contributed by atoms with E-state index in [0.29, 0.717) is 31.5 Å². The lowest BCUT2D eigenvalue weighted by atomic mass is 9.76. The van der Waals surface area contributed by atoms with Gasteiger partial charge in [0.15, 0.2) is 0 Å². The average Bonchev–Trinajstić information content (AvgIpc) is 2.88. The van der Waals surface area contributed by atoms with Gasteiger partial charge in [-0.25, -0.2) is 0 Å². The fourth-order valence-electron chi connectivity index (χ4n) is 4.07. The van der Waals surface area contributed by atoms with Crippen LogP contribution in [-0.2, 0) is 9.53 Å². The molecule has 3 fully saturated rings. The van der Waals surface area contributed by atoms with Gasteiger partial charge in [-0.3, -0.25) is 4.79 Å². The molecule has 0 aromatic heterocycles. The zero-order valence-corrected chi connectivity index (χ0v) is 11.8. The van der Waals surface area contributed by atoms with E-state index in [1.807, 2.05) is 4.90 Å². The van der Waals surface area contributed by atoms with Crippen LogP contribution < -0.4 is 5.73 Å². The molecule has 1 spiro atoms. The highest BCUT2D eigenvalue weighted by Gasteiger charge is 2.43. The Labute approximate surface area is 115 Å². The van der Waals surface area contributed by atoms with Crippen molar-refractivity contribution in [2.24, 2.45) is 11.1 Å². The molecule has 2 saturated heterocycles. The first kappa shape index (κ1) is 13.4. The molecule has 0 radical (unpaired) electrons. The normalized spacial score (nSPS) is 29.6. The molecular weight excluding hydrogens is 240 g/mol. The molecule has 0 bridgehead atoms. The third-order valence-corrected chi connectivity index (χ3v) is 5.59. The molecule has 19 heavy (non-hydrogen) atoms. The van der Waals surface area contributed by atoms with Crippen LogP contribution in [0.3, 0.4) is 0 Å². The summed E-state index contributed by atoms with van der Waals surface area (Å²) in [6.45, 7) is 3.08. The molecule has 0 aromatic rings. The number of ether oxygens (including phenoxy) is 1. The van der Waals surface area contributed by atoms with Gasteiger partial charge in [0.05, 0.1) is 5.54 Å². The number of nitrogens with two attached hydrogens (primary N) is 1. The highest BCUT2D eigenvalue weighted by atomic mass is 16.5. The predicted octanol–water partition coefficient (Wildman–Crippen LogP) is 1.68. The summed E-state index contributed by atoms with van der Waals surface area (Å²) in [7, 11) is 0. The van der Waals surface area contributed by atoms with Crippen LogP contribution in [-0.4, -0.2) is 42.6 Å².